The van der Waals surface area contributed by atoms with E-state index in [0.717, 1.165) is 0 Å². The first-order chi connectivity index (χ1) is 9.33. The molecule has 0 bridgehead atoms. The number of primary amides is 1. The SMILES string of the molecule is CC(C)(Nc1ccc([N+](=O)[O-])c2ncccc12)C(N)=O. The first-order valence-corrected chi connectivity index (χ1v) is 5.93. The number of carbonyl (C=O) groups is 1. The van der Waals surface area contributed by atoms with Crippen molar-refractivity contribution in [3.05, 3.63) is 40.6 Å². The molecule has 0 aliphatic heterocycles. The van der Waals surface area contributed by atoms with Gasteiger partial charge in [0.1, 0.15) is 11.1 Å². The van der Waals surface area contributed by atoms with Crippen molar-refractivity contribution in [2.75, 3.05) is 5.32 Å². The number of nitrogens with zero attached hydrogens (tertiary/aromatic N) is 2. The Balaban J connectivity index is 2.60. The molecule has 0 radical (unpaired) electrons. The molecule has 1 aromatic heterocycles. The van der Waals surface area contributed by atoms with Crippen LogP contribution >= 0.6 is 0 Å². The molecule has 2 rings (SSSR count). The molecule has 20 heavy (non-hydrogen) atoms. The highest BCUT2D eigenvalue weighted by atomic mass is 16.6. The third-order valence-electron chi connectivity index (χ3n) is 3.01. The van der Waals surface area contributed by atoms with Gasteiger partial charge >= 0.3 is 0 Å². The molecule has 3 N–H and O–H groups in total. The summed E-state index contributed by atoms with van der Waals surface area (Å²) in [4.78, 5) is 25.9. The highest BCUT2D eigenvalue weighted by Crippen LogP contribution is 2.31. The Hall–Kier alpha value is -2.70. The first-order valence-electron chi connectivity index (χ1n) is 5.93. The number of nitro groups is 1. The lowest BCUT2D eigenvalue weighted by Crippen LogP contribution is -2.45. The zero-order chi connectivity index (χ0) is 14.9. The van der Waals surface area contributed by atoms with Crippen LogP contribution in [0.2, 0.25) is 0 Å². The Bertz CT molecular complexity index is 697. The number of fused-ring (bicyclic) bond motifs is 1. The normalized spacial score (nSPS) is 11.3. The molecule has 7 heteroatoms. The van der Waals surface area contributed by atoms with Crippen molar-refractivity contribution in [2.45, 2.75) is 19.4 Å². The molecule has 0 unspecified atom stereocenters. The molecule has 104 valence electrons. The summed E-state index contributed by atoms with van der Waals surface area (Å²) in [5.41, 5.74) is 5.10. The number of nitrogens with one attached hydrogen (secondary N) is 1. The molecule has 0 aliphatic rings. The highest BCUT2D eigenvalue weighted by Gasteiger charge is 2.26. The minimum Gasteiger partial charge on any atom is -0.371 e. The molecule has 1 amide bonds. The predicted molar refractivity (Wildman–Crippen MR) is 75.3 cm³/mol. The van der Waals surface area contributed by atoms with Crippen molar-refractivity contribution in [3.8, 4) is 0 Å². The second-order valence-corrected chi connectivity index (χ2v) is 4.90. The van der Waals surface area contributed by atoms with E-state index in [1.165, 1.54) is 12.3 Å². The maximum absolute atomic E-state index is 11.4. The Morgan fingerprint density at radius 1 is 1.40 bits per heavy atom. The van der Waals surface area contributed by atoms with Crippen molar-refractivity contribution in [3.63, 3.8) is 0 Å². The monoisotopic (exact) mass is 274 g/mol. The van der Waals surface area contributed by atoms with Gasteiger partial charge in [0.15, 0.2) is 0 Å². The van der Waals surface area contributed by atoms with Crippen LogP contribution in [-0.2, 0) is 4.79 Å². The predicted octanol–water partition coefficient (Wildman–Crippen LogP) is 1.82. The fraction of sp³-hybridized carbons (Fsp3) is 0.231. The molecule has 2 aromatic rings. The molecule has 0 fully saturated rings. The van der Waals surface area contributed by atoms with Crippen LogP contribution in [0.15, 0.2) is 30.5 Å². The van der Waals surface area contributed by atoms with Gasteiger partial charge in [0, 0.05) is 23.3 Å². The minimum atomic E-state index is -0.973. The quantitative estimate of drug-likeness (QED) is 0.652. The molecule has 0 atom stereocenters. The van der Waals surface area contributed by atoms with Crippen molar-refractivity contribution in [2.24, 2.45) is 5.73 Å². The average Bonchev–Trinajstić information content (AvgIpc) is 2.38. The third kappa shape index (κ3) is 2.37. The third-order valence-corrected chi connectivity index (χ3v) is 3.01. The molecule has 1 aromatic carbocycles. The molecule has 0 saturated heterocycles. The number of anilines is 1. The van der Waals surface area contributed by atoms with E-state index in [9.17, 15) is 14.9 Å². The lowest BCUT2D eigenvalue weighted by molar-refractivity contribution is -0.383. The molecular weight excluding hydrogens is 260 g/mol. The number of hydrogen-bond acceptors (Lipinski definition) is 5. The van der Waals surface area contributed by atoms with Crippen LogP contribution in [0.1, 0.15) is 13.8 Å². The fourth-order valence-electron chi connectivity index (χ4n) is 1.81. The average molecular weight is 274 g/mol. The Morgan fingerprint density at radius 2 is 2.10 bits per heavy atom. The Kier molecular flexibility index (Phi) is 3.27. The summed E-state index contributed by atoms with van der Waals surface area (Å²) < 4.78 is 0. The summed E-state index contributed by atoms with van der Waals surface area (Å²) in [6, 6.07) is 6.28. The van der Waals surface area contributed by atoms with Crippen molar-refractivity contribution < 1.29 is 9.72 Å². The number of nitro benzene ring substituents is 1. The van der Waals surface area contributed by atoms with E-state index in [0.29, 0.717) is 11.1 Å². The molecule has 0 aliphatic carbocycles. The van der Waals surface area contributed by atoms with Gasteiger partial charge in [0.25, 0.3) is 5.69 Å². The highest BCUT2D eigenvalue weighted by molar-refractivity contribution is 5.99. The first kappa shape index (κ1) is 13.7. The number of pyridine rings is 1. The molecule has 0 saturated carbocycles. The van der Waals surface area contributed by atoms with Crippen LogP contribution in [0.25, 0.3) is 10.9 Å². The summed E-state index contributed by atoms with van der Waals surface area (Å²) in [6.45, 7) is 3.28. The zero-order valence-corrected chi connectivity index (χ0v) is 11.1. The standard InChI is InChI=1S/C13H14N4O3/c1-13(2,12(14)18)16-9-5-6-10(17(19)20)11-8(9)4-3-7-15-11/h3-7,16H,1-2H3,(H2,14,18). The summed E-state index contributed by atoms with van der Waals surface area (Å²) in [6.07, 6.45) is 1.48. The van der Waals surface area contributed by atoms with Gasteiger partial charge in [-0.2, -0.15) is 0 Å². The zero-order valence-electron chi connectivity index (χ0n) is 11.1. The van der Waals surface area contributed by atoms with Crippen molar-refractivity contribution in [1.82, 2.24) is 4.98 Å². The van der Waals surface area contributed by atoms with Crippen molar-refractivity contribution in [1.29, 1.82) is 0 Å². The van der Waals surface area contributed by atoms with Gasteiger partial charge in [-0.05, 0) is 32.0 Å². The number of non-ortho nitro benzene ring substituents is 1. The second kappa shape index (κ2) is 4.76. The number of nitrogens with two attached hydrogens (primary N) is 1. The number of carbonyl (C=O) groups excluding carboxylic acids is 1. The fourth-order valence-corrected chi connectivity index (χ4v) is 1.81. The van der Waals surface area contributed by atoms with Gasteiger partial charge in [-0.3, -0.25) is 14.9 Å². The summed E-state index contributed by atoms with van der Waals surface area (Å²) in [7, 11) is 0. The van der Waals surface area contributed by atoms with E-state index in [1.807, 2.05) is 0 Å². The topological polar surface area (TPSA) is 111 Å². The second-order valence-electron chi connectivity index (χ2n) is 4.90. The summed E-state index contributed by atoms with van der Waals surface area (Å²) in [5, 5.41) is 14.5. The lowest BCUT2D eigenvalue weighted by Gasteiger charge is -2.24. The van der Waals surface area contributed by atoms with Crippen LogP contribution in [0, 0.1) is 10.1 Å². The van der Waals surface area contributed by atoms with E-state index < -0.39 is 16.4 Å². The van der Waals surface area contributed by atoms with Crippen LogP contribution in [0.4, 0.5) is 11.4 Å². The van der Waals surface area contributed by atoms with Crippen LogP contribution in [0.5, 0.6) is 0 Å². The lowest BCUT2D eigenvalue weighted by atomic mass is 10.0. The van der Waals surface area contributed by atoms with E-state index in [-0.39, 0.29) is 11.2 Å². The largest absolute Gasteiger partial charge is 0.371 e. The molecular formula is C13H14N4O3. The molecule has 0 spiro atoms. The van der Waals surface area contributed by atoms with Gasteiger partial charge < -0.3 is 11.1 Å². The number of rotatable bonds is 4. The Labute approximate surface area is 114 Å². The van der Waals surface area contributed by atoms with Gasteiger partial charge in [-0.15, -0.1) is 0 Å². The maximum atomic E-state index is 11.4. The summed E-state index contributed by atoms with van der Waals surface area (Å²) >= 11 is 0. The number of benzene rings is 1. The smallest absolute Gasteiger partial charge is 0.295 e. The van der Waals surface area contributed by atoms with Crippen molar-refractivity contribution >= 4 is 28.2 Å². The summed E-state index contributed by atoms with van der Waals surface area (Å²) in [5.74, 6) is -0.520. The van der Waals surface area contributed by atoms with E-state index in [2.05, 4.69) is 10.3 Å². The maximum Gasteiger partial charge on any atom is 0.295 e. The van der Waals surface area contributed by atoms with Gasteiger partial charge in [-0.25, -0.2) is 4.98 Å². The van der Waals surface area contributed by atoms with Crippen LogP contribution in [0.3, 0.4) is 0 Å². The molecule has 7 nitrogen and oxygen atoms in total. The number of aromatic nitrogens is 1. The number of hydrogen-bond donors (Lipinski definition) is 2. The van der Waals surface area contributed by atoms with Gasteiger partial charge in [0.2, 0.25) is 5.91 Å². The Morgan fingerprint density at radius 3 is 2.70 bits per heavy atom. The van der Waals surface area contributed by atoms with Gasteiger partial charge in [-0.1, -0.05) is 0 Å². The van der Waals surface area contributed by atoms with E-state index in [4.69, 9.17) is 5.73 Å². The van der Waals surface area contributed by atoms with Crippen LogP contribution in [-0.4, -0.2) is 21.4 Å². The van der Waals surface area contributed by atoms with Gasteiger partial charge in [0.05, 0.1) is 4.92 Å². The van der Waals surface area contributed by atoms with Crippen LogP contribution < -0.4 is 11.1 Å². The van der Waals surface area contributed by atoms with E-state index in [1.54, 1.807) is 32.0 Å². The molecule has 1 heterocycles. The minimum absolute atomic E-state index is 0.0805. The number of amides is 1. The van der Waals surface area contributed by atoms with E-state index >= 15 is 0 Å².